The van der Waals surface area contributed by atoms with E-state index in [1.54, 1.807) is 42.7 Å². The van der Waals surface area contributed by atoms with Crippen molar-refractivity contribution < 1.29 is 8.81 Å². The van der Waals surface area contributed by atoms with Gasteiger partial charge in [0.1, 0.15) is 11.6 Å². The summed E-state index contributed by atoms with van der Waals surface area (Å²) in [5.74, 6) is 0.352. The van der Waals surface area contributed by atoms with Crippen LogP contribution in [0.1, 0.15) is 11.3 Å². The van der Waals surface area contributed by atoms with Gasteiger partial charge in [-0.2, -0.15) is 0 Å². The Balaban J connectivity index is 1.82. The number of rotatable bonds is 5. The Hall–Kier alpha value is -2.08. The molecule has 0 spiro atoms. The van der Waals surface area contributed by atoms with Gasteiger partial charge in [-0.3, -0.25) is 0 Å². The number of halogens is 3. The molecule has 2 aromatic carbocycles. The first-order valence-electron chi connectivity index (χ1n) is 7.79. The van der Waals surface area contributed by atoms with Gasteiger partial charge in [0, 0.05) is 16.6 Å². The molecule has 0 aliphatic rings. The molecule has 1 aromatic heterocycles. The highest BCUT2D eigenvalue weighted by Gasteiger charge is 2.16. The Kier molecular flexibility index (Phi) is 6.14. The quantitative estimate of drug-likeness (QED) is 0.514. The molecule has 3 rings (SSSR count). The van der Waals surface area contributed by atoms with Crippen molar-refractivity contribution >= 4 is 46.2 Å². The van der Waals surface area contributed by atoms with Gasteiger partial charge in [-0.25, -0.2) is 4.39 Å². The Labute approximate surface area is 166 Å². The van der Waals surface area contributed by atoms with Gasteiger partial charge in [-0.1, -0.05) is 41.4 Å². The summed E-state index contributed by atoms with van der Waals surface area (Å²) < 4.78 is 19.3. The van der Waals surface area contributed by atoms with Crippen LogP contribution in [0.25, 0.3) is 0 Å². The molecule has 0 atom stereocenters. The standard InChI is InChI=1S/C19H15Cl2FN2OS/c20-14-8-7-13(16(21)10-14)11-24(12-15-4-3-9-25-15)19(26)23-18-6-2-1-5-17(18)22/h1-10H,11-12H2,(H,23,26). The summed E-state index contributed by atoms with van der Waals surface area (Å²) in [4.78, 5) is 1.84. The van der Waals surface area contributed by atoms with Crippen LogP contribution < -0.4 is 5.32 Å². The van der Waals surface area contributed by atoms with E-state index in [1.165, 1.54) is 6.07 Å². The van der Waals surface area contributed by atoms with Crippen LogP contribution in [0.5, 0.6) is 0 Å². The fraction of sp³-hybridized carbons (Fsp3) is 0.105. The molecule has 0 amide bonds. The largest absolute Gasteiger partial charge is 0.467 e. The Bertz CT molecular complexity index is 902. The van der Waals surface area contributed by atoms with E-state index in [4.69, 9.17) is 39.8 Å². The van der Waals surface area contributed by atoms with Crippen LogP contribution in [0.15, 0.2) is 65.3 Å². The van der Waals surface area contributed by atoms with Crippen LogP contribution in [0.4, 0.5) is 10.1 Å². The first-order valence-corrected chi connectivity index (χ1v) is 8.96. The molecule has 3 aromatic rings. The number of nitrogens with zero attached hydrogens (tertiary/aromatic N) is 1. The summed E-state index contributed by atoms with van der Waals surface area (Å²) in [5.41, 5.74) is 1.16. The summed E-state index contributed by atoms with van der Waals surface area (Å²) in [5, 5.41) is 4.40. The van der Waals surface area contributed by atoms with Crippen molar-refractivity contribution in [1.29, 1.82) is 0 Å². The van der Waals surface area contributed by atoms with Gasteiger partial charge in [0.2, 0.25) is 0 Å². The normalized spacial score (nSPS) is 10.6. The molecule has 1 heterocycles. The van der Waals surface area contributed by atoms with Crippen molar-refractivity contribution in [2.45, 2.75) is 13.1 Å². The molecule has 134 valence electrons. The summed E-state index contributed by atoms with van der Waals surface area (Å²) in [7, 11) is 0. The van der Waals surface area contributed by atoms with E-state index in [9.17, 15) is 4.39 Å². The maximum Gasteiger partial charge on any atom is 0.174 e. The third kappa shape index (κ3) is 4.75. The molecule has 0 radical (unpaired) electrons. The van der Waals surface area contributed by atoms with Crippen molar-refractivity contribution in [1.82, 2.24) is 4.90 Å². The highest BCUT2D eigenvalue weighted by Crippen LogP contribution is 2.24. The molecular formula is C19H15Cl2FN2OS. The molecule has 0 unspecified atom stereocenters. The van der Waals surface area contributed by atoms with Gasteiger partial charge in [-0.15, -0.1) is 0 Å². The van der Waals surface area contributed by atoms with E-state index in [1.807, 2.05) is 17.0 Å². The second kappa shape index (κ2) is 8.54. The predicted molar refractivity (Wildman–Crippen MR) is 107 cm³/mol. The molecule has 0 bridgehead atoms. The van der Waals surface area contributed by atoms with Crippen LogP contribution in [0, 0.1) is 5.82 Å². The summed E-state index contributed by atoms with van der Waals surface area (Å²) in [6.45, 7) is 0.823. The van der Waals surface area contributed by atoms with E-state index < -0.39 is 0 Å². The monoisotopic (exact) mass is 408 g/mol. The number of furan rings is 1. The molecule has 1 N–H and O–H groups in total. The van der Waals surface area contributed by atoms with E-state index in [2.05, 4.69) is 5.32 Å². The van der Waals surface area contributed by atoms with E-state index in [-0.39, 0.29) is 5.82 Å². The van der Waals surface area contributed by atoms with Crippen molar-refractivity contribution in [2.24, 2.45) is 0 Å². The molecule has 7 heteroatoms. The van der Waals surface area contributed by atoms with Gasteiger partial charge >= 0.3 is 0 Å². The molecule has 3 nitrogen and oxygen atoms in total. The van der Waals surface area contributed by atoms with Gasteiger partial charge in [0.05, 0.1) is 18.5 Å². The average molecular weight is 409 g/mol. The summed E-state index contributed by atoms with van der Waals surface area (Å²) in [6.07, 6.45) is 1.59. The zero-order valence-corrected chi connectivity index (χ0v) is 15.9. The highest BCUT2D eigenvalue weighted by molar-refractivity contribution is 7.80. The topological polar surface area (TPSA) is 28.4 Å². The molecule has 0 saturated heterocycles. The molecule has 0 fully saturated rings. The predicted octanol–water partition coefficient (Wildman–Crippen LogP) is 6.12. The van der Waals surface area contributed by atoms with Crippen molar-refractivity contribution in [3.05, 3.63) is 88.0 Å². The molecule has 26 heavy (non-hydrogen) atoms. The minimum Gasteiger partial charge on any atom is -0.467 e. The van der Waals surface area contributed by atoms with E-state index >= 15 is 0 Å². The van der Waals surface area contributed by atoms with Gasteiger partial charge in [0.15, 0.2) is 5.11 Å². The number of anilines is 1. The van der Waals surface area contributed by atoms with Crippen LogP contribution >= 0.6 is 35.4 Å². The fourth-order valence-corrected chi connectivity index (χ4v) is 3.11. The zero-order chi connectivity index (χ0) is 18.5. The van der Waals surface area contributed by atoms with Gasteiger partial charge in [0.25, 0.3) is 0 Å². The maximum absolute atomic E-state index is 13.9. The lowest BCUT2D eigenvalue weighted by Gasteiger charge is -2.25. The van der Waals surface area contributed by atoms with Crippen LogP contribution in [-0.4, -0.2) is 10.0 Å². The van der Waals surface area contributed by atoms with E-state index in [0.29, 0.717) is 33.9 Å². The molecular weight excluding hydrogens is 394 g/mol. The lowest BCUT2D eigenvalue weighted by Crippen LogP contribution is -2.34. The number of nitrogens with one attached hydrogen (secondary N) is 1. The number of para-hydroxylation sites is 1. The smallest absolute Gasteiger partial charge is 0.174 e. The summed E-state index contributed by atoms with van der Waals surface area (Å²) in [6, 6.07) is 15.3. The first-order chi connectivity index (χ1) is 12.5. The number of thiocarbonyl (C=S) groups is 1. The Morgan fingerprint density at radius 2 is 1.88 bits per heavy atom. The SMILES string of the molecule is Fc1ccccc1NC(=S)N(Cc1ccco1)Cc1ccc(Cl)cc1Cl. The maximum atomic E-state index is 13.9. The van der Waals surface area contributed by atoms with Crippen molar-refractivity contribution in [3.8, 4) is 0 Å². The van der Waals surface area contributed by atoms with Crippen LogP contribution in [0.2, 0.25) is 10.0 Å². The van der Waals surface area contributed by atoms with Crippen molar-refractivity contribution in [2.75, 3.05) is 5.32 Å². The second-order valence-electron chi connectivity index (χ2n) is 5.58. The second-order valence-corrected chi connectivity index (χ2v) is 6.81. The van der Waals surface area contributed by atoms with Crippen LogP contribution in [0.3, 0.4) is 0 Å². The fourth-order valence-electron chi connectivity index (χ4n) is 2.40. The summed E-state index contributed by atoms with van der Waals surface area (Å²) >= 11 is 17.7. The third-order valence-corrected chi connectivity index (χ3v) is 4.65. The van der Waals surface area contributed by atoms with Gasteiger partial charge < -0.3 is 14.6 Å². The number of benzene rings is 2. The average Bonchev–Trinajstić information content (AvgIpc) is 3.11. The van der Waals surface area contributed by atoms with Gasteiger partial charge in [-0.05, 0) is 54.2 Å². The molecule has 0 aliphatic heterocycles. The number of hydrogen-bond acceptors (Lipinski definition) is 2. The molecule has 0 aliphatic carbocycles. The molecule has 0 saturated carbocycles. The first kappa shape index (κ1) is 18.7. The Morgan fingerprint density at radius 3 is 2.58 bits per heavy atom. The van der Waals surface area contributed by atoms with Crippen LogP contribution in [-0.2, 0) is 13.1 Å². The zero-order valence-electron chi connectivity index (χ0n) is 13.6. The lowest BCUT2D eigenvalue weighted by atomic mass is 10.2. The highest BCUT2D eigenvalue weighted by atomic mass is 35.5. The third-order valence-electron chi connectivity index (χ3n) is 3.71. The Morgan fingerprint density at radius 1 is 1.08 bits per heavy atom. The van der Waals surface area contributed by atoms with E-state index in [0.717, 1.165) is 11.3 Å². The minimum absolute atomic E-state index is 0.309. The minimum atomic E-state index is -0.377. The van der Waals surface area contributed by atoms with Crippen molar-refractivity contribution in [3.63, 3.8) is 0 Å². The number of hydrogen-bond donors (Lipinski definition) is 1. The lowest BCUT2D eigenvalue weighted by molar-refractivity contribution is 0.360.